The number of nitrogens with zero attached hydrogens (tertiary/aromatic N) is 1. The SMILES string of the molecule is CCC(C(Cc1ccc(C=S)cc1)O[Si](C)(C)C(C)(C)C)[N+](=O)[O-]. The normalized spacial score (nSPS) is 14.9. The molecule has 1 rings (SSSR count). The van der Waals surface area contributed by atoms with Crippen LogP contribution in [0.1, 0.15) is 45.2 Å². The molecule has 0 radical (unpaired) electrons. The molecule has 0 aliphatic rings. The van der Waals surface area contributed by atoms with Gasteiger partial charge >= 0.3 is 0 Å². The van der Waals surface area contributed by atoms with Crippen molar-refractivity contribution in [2.45, 2.75) is 70.8 Å². The Morgan fingerprint density at radius 1 is 1.29 bits per heavy atom. The van der Waals surface area contributed by atoms with E-state index in [1.54, 1.807) is 5.37 Å². The molecule has 0 heterocycles. The van der Waals surface area contributed by atoms with Crippen LogP contribution in [0.4, 0.5) is 0 Å². The molecule has 0 aromatic heterocycles. The summed E-state index contributed by atoms with van der Waals surface area (Å²) in [5.74, 6) is 0. The molecule has 0 aliphatic carbocycles. The Morgan fingerprint density at radius 2 is 1.83 bits per heavy atom. The van der Waals surface area contributed by atoms with Crippen molar-refractivity contribution < 1.29 is 9.35 Å². The lowest BCUT2D eigenvalue weighted by Gasteiger charge is -2.39. The second-order valence-electron chi connectivity index (χ2n) is 7.74. The highest BCUT2D eigenvalue weighted by Gasteiger charge is 2.43. The molecule has 0 aliphatic heterocycles. The highest BCUT2D eigenvalue weighted by atomic mass is 32.1. The van der Waals surface area contributed by atoms with Gasteiger partial charge in [-0.15, -0.1) is 0 Å². The highest BCUT2D eigenvalue weighted by Crippen LogP contribution is 2.38. The molecule has 0 saturated heterocycles. The summed E-state index contributed by atoms with van der Waals surface area (Å²) in [4.78, 5) is 11.3. The van der Waals surface area contributed by atoms with Crippen molar-refractivity contribution in [1.29, 1.82) is 0 Å². The van der Waals surface area contributed by atoms with Gasteiger partial charge in [0.1, 0.15) is 6.10 Å². The fourth-order valence-corrected chi connectivity index (χ4v) is 3.83. The van der Waals surface area contributed by atoms with Crippen molar-refractivity contribution in [3.05, 3.63) is 45.5 Å². The van der Waals surface area contributed by atoms with E-state index in [1.165, 1.54) is 0 Å². The standard InChI is InChI=1S/C18H29NO3SSi/c1-7-16(19(20)21)17(22-24(5,6)18(2,3)4)12-14-8-10-15(13-23)11-9-14/h8-11,13,16-17H,7,12H2,1-6H3. The van der Waals surface area contributed by atoms with Gasteiger partial charge in [0.05, 0.1) is 0 Å². The maximum Gasteiger partial charge on any atom is 0.237 e. The Labute approximate surface area is 151 Å². The summed E-state index contributed by atoms with van der Waals surface area (Å²) >= 11 is 4.92. The molecule has 4 nitrogen and oxygen atoms in total. The number of hydrogen-bond donors (Lipinski definition) is 0. The highest BCUT2D eigenvalue weighted by molar-refractivity contribution is 7.79. The minimum atomic E-state index is -2.09. The summed E-state index contributed by atoms with van der Waals surface area (Å²) in [5, 5.41) is 13.2. The monoisotopic (exact) mass is 367 g/mol. The lowest BCUT2D eigenvalue weighted by molar-refractivity contribution is -0.533. The molecule has 0 amide bonds. The van der Waals surface area contributed by atoms with E-state index in [4.69, 9.17) is 16.6 Å². The summed E-state index contributed by atoms with van der Waals surface area (Å²) in [7, 11) is -2.09. The summed E-state index contributed by atoms with van der Waals surface area (Å²) in [5.41, 5.74) is 2.01. The van der Waals surface area contributed by atoms with Gasteiger partial charge in [0.2, 0.25) is 6.04 Å². The van der Waals surface area contributed by atoms with Gasteiger partial charge in [0, 0.05) is 23.1 Å². The van der Waals surface area contributed by atoms with Crippen molar-refractivity contribution in [2.75, 3.05) is 0 Å². The smallest absolute Gasteiger partial charge is 0.237 e. The lowest BCUT2D eigenvalue weighted by Crippen LogP contribution is -2.49. The topological polar surface area (TPSA) is 52.4 Å². The van der Waals surface area contributed by atoms with E-state index in [0.29, 0.717) is 12.8 Å². The van der Waals surface area contributed by atoms with Crippen LogP contribution >= 0.6 is 12.2 Å². The molecule has 2 unspecified atom stereocenters. The van der Waals surface area contributed by atoms with Crippen LogP contribution in [0.15, 0.2) is 24.3 Å². The number of rotatable bonds is 8. The average molecular weight is 368 g/mol. The third kappa shape index (κ3) is 5.46. The molecular formula is C18H29NO3SSi. The quantitative estimate of drug-likeness (QED) is 0.280. The van der Waals surface area contributed by atoms with Crippen molar-refractivity contribution in [3.8, 4) is 0 Å². The summed E-state index contributed by atoms with van der Waals surface area (Å²) in [6.45, 7) is 12.6. The Balaban J connectivity index is 3.08. The maximum atomic E-state index is 11.5. The average Bonchev–Trinajstić information content (AvgIpc) is 2.46. The first kappa shape index (κ1) is 20.9. The van der Waals surface area contributed by atoms with Crippen LogP contribution in [0, 0.1) is 10.1 Å². The first-order valence-corrected chi connectivity index (χ1v) is 11.7. The Bertz CT molecular complexity index is 567. The fraction of sp³-hybridized carbons (Fsp3) is 0.611. The second-order valence-corrected chi connectivity index (χ2v) is 12.7. The van der Waals surface area contributed by atoms with Gasteiger partial charge in [-0.3, -0.25) is 10.1 Å². The number of thiocarbonyl (C=S) groups is 1. The van der Waals surface area contributed by atoms with Crippen molar-refractivity contribution in [2.24, 2.45) is 0 Å². The van der Waals surface area contributed by atoms with Gasteiger partial charge in [-0.25, -0.2) is 0 Å². The second kappa shape index (κ2) is 8.32. The molecule has 1 aromatic carbocycles. The van der Waals surface area contributed by atoms with Gasteiger partial charge in [0.15, 0.2) is 8.32 Å². The van der Waals surface area contributed by atoms with Crippen molar-refractivity contribution in [1.82, 2.24) is 0 Å². The van der Waals surface area contributed by atoms with Crippen LogP contribution in [-0.4, -0.2) is 30.8 Å². The van der Waals surface area contributed by atoms with Crippen LogP contribution in [-0.2, 0) is 10.8 Å². The zero-order chi connectivity index (χ0) is 18.5. The molecule has 0 bridgehead atoms. The Morgan fingerprint density at radius 3 is 2.21 bits per heavy atom. The van der Waals surface area contributed by atoms with E-state index in [2.05, 4.69) is 33.9 Å². The molecule has 0 fully saturated rings. The van der Waals surface area contributed by atoms with Crippen LogP contribution < -0.4 is 0 Å². The van der Waals surface area contributed by atoms with Crippen molar-refractivity contribution in [3.63, 3.8) is 0 Å². The van der Waals surface area contributed by atoms with Gasteiger partial charge in [-0.2, -0.15) is 0 Å². The predicted octanol–water partition coefficient (Wildman–Crippen LogP) is 5.02. The summed E-state index contributed by atoms with van der Waals surface area (Å²) < 4.78 is 6.45. The molecule has 0 spiro atoms. The minimum absolute atomic E-state index is 0.0152. The summed E-state index contributed by atoms with van der Waals surface area (Å²) in [6, 6.07) is 7.15. The number of hydrogen-bond acceptors (Lipinski definition) is 4. The van der Waals surface area contributed by atoms with Crippen LogP contribution in [0.3, 0.4) is 0 Å². The van der Waals surface area contributed by atoms with Crippen molar-refractivity contribution >= 4 is 25.9 Å². The van der Waals surface area contributed by atoms with Gasteiger partial charge < -0.3 is 4.43 Å². The van der Waals surface area contributed by atoms with Gasteiger partial charge in [-0.05, 0) is 29.3 Å². The zero-order valence-corrected chi connectivity index (χ0v) is 17.4. The summed E-state index contributed by atoms with van der Waals surface area (Å²) in [6.07, 6.45) is 0.595. The van der Waals surface area contributed by atoms with E-state index in [0.717, 1.165) is 11.1 Å². The predicted molar refractivity (Wildman–Crippen MR) is 106 cm³/mol. The van der Waals surface area contributed by atoms with E-state index in [9.17, 15) is 10.1 Å². The molecule has 0 saturated carbocycles. The first-order valence-electron chi connectivity index (χ1n) is 8.37. The lowest BCUT2D eigenvalue weighted by atomic mass is 10.00. The van der Waals surface area contributed by atoms with Crippen LogP contribution in [0.5, 0.6) is 0 Å². The Kier molecular flexibility index (Phi) is 7.25. The van der Waals surface area contributed by atoms with Gasteiger partial charge in [0.25, 0.3) is 0 Å². The molecule has 2 atom stereocenters. The molecule has 0 N–H and O–H groups in total. The largest absolute Gasteiger partial charge is 0.407 e. The third-order valence-corrected chi connectivity index (χ3v) is 9.70. The Hall–Kier alpha value is -1.11. The van der Waals surface area contributed by atoms with Gasteiger partial charge in [-0.1, -0.05) is 64.2 Å². The first-order chi connectivity index (χ1) is 11.0. The third-order valence-electron chi connectivity index (χ3n) is 4.92. The molecule has 6 heteroatoms. The molecule has 1 aromatic rings. The number of nitro groups is 1. The zero-order valence-electron chi connectivity index (χ0n) is 15.5. The van der Waals surface area contributed by atoms with E-state index in [-0.39, 0.29) is 9.96 Å². The molecule has 24 heavy (non-hydrogen) atoms. The maximum absolute atomic E-state index is 11.5. The van der Waals surface area contributed by atoms with E-state index in [1.807, 2.05) is 31.2 Å². The van der Waals surface area contributed by atoms with Crippen LogP contribution in [0.2, 0.25) is 18.1 Å². The minimum Gasteiger partial charge on any atom is -0.407 e. The van der Waals surface area contributed by atoms with E-state index < -0.39 is 20.5 Å². The molecular weight excluding hydrogens is 338 g/mol. The number of benzene rings is 1. The van der Waals surface area contributed by atoms with Crippen LogP contribution in [0.25, 0.3) is 0 Å². The fourth-order valence-electron chi connectivity index (χ4n) is 2.32. The van der Waals surface area contributed by atoms with E-state index >= 15 is 0 Å². The molecule has 134 valence electrons.